The van der Waals surface area contributed by atoms with Crippen LogP contribution in [0.4, 0.5) is 5.82 Å². The normalized spacial score (nSPS) is 11.6. The molecule has 3 N–H and O–H groups in total. The van der Waals surface area contributed by atoms with E-state index in [0.29, 0.717) is 5.82 Å². The maximum atomic E-state index is 6.15. The number of nitrogens with two attached hydrogens (primary N) is 1. The van der Waals surface area contributed by atoms with Crippen molar-refractivity contribution in [3.05, 3.63) is 77.6 Å². The zero-order valence-electron chi connectivity index (χ0n) is 15.2. The van der Waals surface area contributed by atoms with Crippen molar-refractivity contribution >= 4 is 38.5 Å². The first-order chi connectivity index (χ1) is 13.2. The SMILES string of the molecule is Cc1ccc2c(c1)nc(N)c1ncc(CCc3ccc4[nH]ccc4c3)cc12. The molecule has 0 bridgehead atoms. The number of hydrogen-bond donors (Lipinski definition) is 2. The number of fused-ring (bicyclic) bond motifs is 4. The van der Waals surface area contributed by atoms with Gasteiger partial charge in [-0.3, -0.25) is 4.98 Å². The van der Waals surface area contributed by atoms with Crippen molar-refractivity contribution < 1.29 is 0 Å². The molecule has 0 aliphatic carbocycles. The average Bonchev–Trinajstić information content (AvgIpc) is 3.14. The molecule has 2 aromatic carbocycles. The molecule has 27 heavy (non-hydrogen) atoms. The molecular formula is C23H20N4. The molecule has 0 saturated heterocycles. The summed E-state index contributed by atoms with van der Waals surface area (Å²) in [5, 5.41) is 3.44. The Kier molecular flexibility index (Phi) is 3.57. The van der Waals surface area contributed by atoms with E-state index in [-0.39, 0.29) is 0 Å². The topological polar surface area (TPSA) is 67.6 Å². The first kappa shape index (κ1) is 15.8. The lowest BCUT2D eigenvalue weighted by atomic mass is 10.0. The number of aromatic amines is 1. The van der Waals surface area contributed by atoms with Gasteiger partial charge < -0.3 is 10.7 Å². The van der Waals surface area contributed by atoms with Gasteiger partial charge in [0.1, 0.15) is 5.52 Å². The second-order valence-corrected chi connectivity index (χ2v) is 7.16. The molecular weight excluding hydrogens is 332 g/mol. The van der Waals surface area contributed by atoms with Crippen LogP contribution in [0.5, 0.6) is 0 Å². The van der Waals surface area contributed by atoms with Gasteiger partial charge in [-0.2, -0.15) is 0 Å². The lowest BCUT2D eigenvalue weighted by Gasteiger charge is -2.09. The van der Waals surface area contributed by atoms with E-state index >= 15 is 0 Å². The monoisotopic (exact) mass is 352 g/mol. The van der Waals surface area contributed by atoms with Gasteiger partial charge in [-0.05, 0) is 72.2 Å². The molecule has 4 nitrogen and oxygen atoms in total. The standard InChI is InChI=1S/C23H20N4/c1-14-2-6-18-19-12-16(13-26-22(19)23(24)27-21(18)10-14)4-3-15-5-7-20-17(11-15)8-9-25-20/h2,5-13,25H,3-4H2,1H3,(H2,24,27). The molecule has 0 saturated carbocycles. The minimum absolute atomic E-state index is 0.493. The van der Waals surface area contributed by atoms with Crippen LogP contribution in [0.1, 0.15) is 16.7 Å². The Balaban J connectivity index is 1.52. The first-order valence-corrected chi connectivity index (χ1v) is 9.18. The Morgan fingerprint density at radius 2 is 1.81 bits per heavy atom. The van der Waals surface area contributed by atoms with E-state index in [1.807, 2.05) is 12.4 Å². The van der Waals surface area contributed by atoms with Gasteiger partial charge in [0.25, 0.3) is 0 Å². The average molecular weight is 352 g/mol. The summed E-state index contributed by atoms with van der Waals surface area (Å²) >= 11 is 0. The van der Waals surface area contributed by atoms with Gasteiger partial charge in [0, 0.05) is 28.7 Å². The highest BCUT2D eigenvalue weighted by Crippen LogP contribution is 2.28. The fraction of sp³-hybridized carbons (Fsp3) is 0.130. The lowest BCUT2D eigenvalue weighted by Crippen LogP contribution is -1.98. The summed E-state index contributed by atoms with van der Waals surface area (Å²) < 4.78 is 0. The number of pyridine rings is 2. The Hall–Kier alpha value is -3.40. The molecule has 0 atom stereocenters. The van der Waals surface area contributed by atoms with Crippen molar-refractivity contribution in [2.45, 2.75) is 19.8 Å². The van der Waals surface area contributed by atoms with Gasteiger partial charge in [-0.25, -0.2) is 4.98 Å². The highest BCUT2D eigenvalue weighted by atomic mass is 14.9. The van der Waals surface area contributed by atoms with Crippen LogP contribution in [0.15, 0.2) is 60.9 Å². The Morgan fingerprint density at radius 3 is 2.74 bits per heavy atom. The third kappa shape index (κ3) is 2.79. The zero-order chi connectivity index (χ0) is 18.4. The van der Waals surface area contributed by atoms with Crippen LogP contribution in [0, 0.1) is 6.92 Å². The second kappa shape index (κ2) is 6.09. The molecule has 132 valence electrons. The Bertz CT molecular complexity index is 1300. The Labute approximate surface area is 157 Å². The number of nitrogens with zero attached hydrogens (tertiary/aromatic N) is 2. The van der Waals surface area contributed by atoms with Gasteiger partial charge >= 0.3 is 0 Å². The summed E-state index contributed by atoms with van der Waals surface area (Å²) in [4.78, 5) is 12.4. The van der Waals surface area contributed by atoms with Crippen LogP contribution >= 0.6 is 0 Å². The van der Waals surface area contributed by atoms with E-state index < -0.39 is 0 Å². The van der Waals surface area contributed by atoms with Crippen molar-refractivity contribution in [3.8, 4) is 0 Å². The molecule has 0 aliphatic heterocycles. The molecule has 0 spiro atoms. The smallest absolute Gasteiger partial charge is 0.150 e. The maximum absolute atomic E-state index is 6.15. The zero-order valence-corrected chi connectivity index (χ0v) is 15.2. The Morgan fingerprint density at radius 1 is 0.926 bits per heavy atom. The van der Waals surface area contributed by atoms with E-state index in [1.54, 1.807) is 0 Å². The van der Waals surface area contributed by atoms with Crippen LogP contribution in [0.25, 0.3) is 32.7 Å². The fourth-order valence-electron chi connectivity index (χ4n) is 3.75. The number of hydrogen-bond acceptors (Lipinski definition) is 3. The highest BCUT2D eigenvalue weighted by Gasteiger charge is 2.09. The van der Waals surface area contributed by atoms with Gasteiger partial charge in [0.05, 0.1) is 5.52 Å². The van der Waals surface area contributed by atoms with Crippen LogP contribution in [0.2, 0.25) is 0 Å². The molecule has 3 heterocycles. The summed E-state index contributed by atoms with van der Waals surface area (Å²) in [6.07, 6.45) is 5.82. The molecule has 0 radical (unpaired) electrons. The number of H-pyrrole nitrogens is 1. The minimum atomic E-state index is 0.493. The molecule has 0 aliphatic rings. The quantitative estimate of drug-likeness (QED) is 0.452. The van der Waals surface area contributed by atoms with Crippen LogP contribution in [-0.2, 0) is 12.8 Å². The largest absolute Gasteiger partial charge is 0.382 e. The summed E-state index contributed by atoms with van der Waals surface area (Å²) in [5.74, 6) is 0.493. The molecule has 0 amide bonds. The van der Waals surface area contributed by atoms with Crippen molar-refractivity contribution in [2.24, 2.45) is 0 Å². The highest BCUT2D eigenvalue weighted by molar-refractivity contribution is 6.08. The third-order valence-electron chi connectivity index (χ3n) is 5.19. The van der Waals surface area contributed by atoms with Crippen molar-refractivity contribution in [1.82, 2.24) is 15.0 Å². The number of nitrogens with one attached hydrogen (secondary N) is 1. The molecule has 4 heteroatoms. The van der Waals surface area contributed by atoms with Crippen LogP contribution < -0.4 is 5.73 Å². The number of rotatable bonds is 3. The van der Waals surface area contributed by atoms with Crippen LogP contribution in [0.3, 0.4) is 0 Å². The molecule has 5 rings (SSSR count). The van der Waals surface area contributed by atoms with Crippen molar-refractivity contribution in [1.29, 1.82) is 0 Å². The lowest BCUT2D eigenvalue weighted by molar-refractivity contribution is 0.957. The number of aryl methyl sites for hydroxylation is 3. The molecule has 5 aromatic rings. The van der Waals surface area contributed by atoms with E-state index in [4.69, 9.17) is 5.73 Å². The first-order valence-electron chi connectivity index (χ1n) is 9.18. The van der Waals surface area contributed by atoms with E-state index in [9.17, 15) is 0 Å². The second-order valence-electron chi connectivity index (χ2n) is 7.16. The number of benzene rings is 2. The molecule has 0 fully saturated rings. The van der Waals surface area contributed by atoms with Gasteiger partial charge in [-0.1, -0.05) is 18.2 Å². The van der Waals surface area contributed by atoms with Gasteiger partial charge in [0.15, 0.2) is 5.82 Å². The minimum Gasteiger partial charge on any atom is -0.382 e. The number of anilines is 1. The summed E-state index contributed by atoms with van der Waals surface area (Å²) in [7, 11) is 0. The number of nitrogen functional groups attached to an aromatic ring is 1. The predicted octanol–water partition coefficient (Wildman–Crippen LogP) is 4.94. The maximum Gasteiger partial charge on any atom is 0.150 e. The number of aromatic nitrogens is 3. The van der Waals surface area contributed by atoms with Crippen LogP contribution in [-0.4, -0.2) is 15.0 Å². The van der Waals surface area contributed by atoms with E-state index in [1.165, 1.54) is 27.6 Å². The predicted molar refractivity (Wildman–Crippen MR) is 112 cm³/mol. The summed E-state index contributed by atoms with van der Waals surface area (Å²) in [6, 6.07) is 17.2. The summed E-state index contributed by atoms with van der Waals surface area (Å²) in [6.45, 7) is 2.07. The van der Waals surface area contributed by atoms with E-state index in [0.717, 1.165) is 34.6 Å². The summed E-state index contributed by atoms with van der Waals surface area (Å²) in [5.41, 5.74) is 12.8. The van der Waals surface area contributed by atoms with Gasteiger partial charge in [-0.15, -0.1) is 0 Å². The van der Waals surface area contributed by atoms with Crippen molar-refractivity contribution in [3.63, 3.8) is 0 Å². The fourth-order valence-corrected chi connectivity index (χ4v) is 3.75. The third-order valence-corrected chi connectivity index (χ3v) is 5.19. The molecule has 0 unspecified atom stereocenters. The van der Waals surface area contributed by atoms with Crippen molar-refractivity contribution in [2.75, 3.05) is 5.73 Å². The van der Waals surface area contributed by atoms with E-state index in [2.05, 4.69) is 70.4 Å². The molecule has 3 aromatic heterocycles. The van der Waals surface area contributed by atoms with Gasteiger partial charge in [0.2, 0.25) is 0 Å².